The molecule has 1 unspecified atom stereocenters. The lowest BCUT2D eigenvalue weighted by molar-refractivity contribution is -0.154. The van der Waals surface area contributed by atoms with E-state index in [4.69, 9.17) is 9.47 Å². The summed E-state index contributed by atoms with van der Waals surface area (Å²) in [6, 6.07) is 10.6. The highest BCUT2D eigenvalue weighted by Crippen LogP contribution is 2.30. The fourth-order valence-corrected chi connectivity index (χ4v) is 2.67. The van der Waals surface area contributed by atoms with Gasteiger partial charge in [0.15, 0.2) is 24.1 Å². The lowest BCUT2D eigenvalue weighted by Gasteiger charge is -2.27. The van der Waals surface area contributed by atoms with Gasteiger partial charge in [-0.15, -0.1) is 24.0 Å². The highest BCUT2D eigenvalue weighted by atomic mass is 127. The maximum atomic E-state index is 12.3. The van der Waals surface area contributed by atoms with Gasteiger partial charge in [-0.3, -0.25) is 0 Å². The zero-order valence-corrected chi connectivity index (χ0v) is 19.1. The number of nitrogens with one attached hydrogen (secondary N) is 2. The maximum absolute atomic E-state index is 12.3. The Morgan fingerprint density at radius 3 is 2.74 bits per heavy atom. The van der Waals surface area contributed by atoms with E-state index in [-0.39, 0.29) is 42.5 Å². The van der Waals surface area contributed by atoms with Gasteiger partial charge in [-0.05, 0) is 30.7 Å². The summed E-state index contributed by atoms with van der Waals surface area (Å²) in [5.41, 5.74) is 0.672. The van der Waals surface area contributed by atoms with Gasteiger partial charge >= 0.3 is 6.18 Å². The number of halogens is 4. The van der Waals surface area contributed by atoms with E-state index in [2.05, 4.69) is 25.3 Å². The Labute approximate surface area is 195 Å². The Morgan fingerprint density at radius 2 is 2.00 bits per heavy atom. The Balaban J connectivity index is 0.00000341. The molecule has 0 amide bonds. The van der Waals surface area contributed by atoms with Gasteiger partial charge in [0.25, 0.3) is 0 Å². The smallest absolute Gasteiger partial charge is 0.422 e. The van der Waals surface area contributed by atoms with Gasteiger partial charge in [-0.25, -0.2) is 9.98 Å². The molecule has 31 heavy (non-hydrogen) atoms. The summed E-state index contributed by atoms with van der Waals surface area (Å²) >= 11 is 0. The number of nitrogens with zero attached hydrogens (tertiary/aromatic N) is 2. The number of guanidine groups is 1. The first kappa shape index (κ1) is 24.8. The van der Waals surface area contributed by atoms with Gasteiger partial charge < -0.3 is 24.8 Å². The van der Waals surface area contributed by atoms with E-state index >= 15 is 0 Å². The van der Waals surface area contributed by atoms with E-state index in [0.29, 0.717) is 37.0 Å². The molecule has 3 rings (SSSR count). The minimum absolute atomic E-state index is 0. The van der Waals surface area contributed by atoms with Crippen molar-refractivity contribution in [1.82, 2.24) is 15.6 Å². The summed E-state index contributed by atoms with van der Waals surface area (Å²) in [7, 11) is 0. The topological polar surface area (TPSA) is 77.0 Å². The first-order chi connectivity index (χ1) is 14.4. The number of aromatic nitrogens is 1. The van der Waals surface area contributed by atoms with Crippen LogP contribution < -0.4 is 24.8 Å². The van der Waals surface area contributed by atoms with E-state index < -0.39 is 12.8 Å². The van der Waals surface area contributed by atoms with Crippen LogP contribution in [0.2, 0.25) is 0 Å². The third-order valence-corrected chi connectivity index (χ3v) is 4.01. The quantitative estimate of drug-likeness (QED) is 0.311. The molecule has 0 bridgehead atoms. The SMILES string of the molecule is CCNC(=NCc1ccnc(OCC(F)(F)F)c1)NCC1COc2ccccc2O1.I. The highest BCUT2D eigenvalue weighted by molar-refractivity contribution is 14.0. The number of aliphatic imine (C=N–C) groups is 1. The van der Waals surface area contributed by atoms with Crippen molar-refractivity contribution in [3.8, 4) is 17.4 Å². The lowest BCUT2D eigenvalue weighted by atomic mass is 10.2. The van der Waals surface area contributed by atoms with E-state index in [0.717, 1.165) is 5.75 Å². The van der Waals surface area contributed by atoms with Gasteiger partial charge in [0.1, 0.15) is 12.7 Å². The third-order valence-electron chi connectivity index (χ3n) is 4.01. The van der Waals surface area contributed by atoms with Crippen LogP contribution in [0.5, 0.6) is 17.4 Å². The van der Waals surface area contributed by atoms with Crippen LogP contribution in [0.4, 0.5) is 13.2 Å². The molecule has 1 aromatic carbocycles. The summed E-state index contributed by atoms with van der Waals surface area (Å²) in [5.74, 6) is 1.87. The van der Waals surface area contributed by atoms with Crippen LogP contribution in [-0.4, -0.2) is 49.5 Å². The zero-order chi connectivity index (χ0) is 21.4. The number of ether oxygens (including phenoxy) is 3. The molecule has 0 radical (unpaired) electrons. The van der Waals surface area contributed by atoms with Crippen molar-refractivity contribution in [2.24, 2.45) is 4.99 Å². The van der Waals surface area contributed by atoms with Crippen LogP contribution in [0.3, 0.4) is 0 Å². The molecule has 1 aliphatic rings. The number of pyridine rings is 1. The normalized spacial score (nSPS) is 15.6. The maximum Gasteiger partial charge on any atom is 0.422 e. The first-order valence-electron chi connectivity index (χ1n) is 9.48. The van der Waals surface area contributed by atoms with Crippen molar-refractivity contribution in [3.05, 3.63) is 48.2 Å². The monoisotopic (exact) mass is 552 g/mol. The summed E-state index contributed by atoms with van der Waals surface area (Å²) < 4.78 is 53.1. The summed E-state index contributed by atoms with van der Waals surface area (Å²) in [6.45, 7) is 2.31. The molecule has 2 N–H and O–H groups in total. The number of alkyl halides is 3. The Hall–Kier alpha value is -2.44. The second kappa shape index (κ2) is 11.8. The number of para-hydroxylation sites is 2. The molecule has 0 aliphatic carbocycles. The first-order valence-corrected chi connectivity index (χ1v) is 9.48. The van der Waals surface area contributed by atoms with E-state index in [1.54, 1.807) is 6.07 Å². The molecule has 170 valence electrons. The van der Waals surface area contributed by atoms with Gasteiger partial charge in [0, 0.05) is 18.8 Å². The zero-order valence-electron chi connectivity index (χ0n) is 16.8. The van der Waals surface area contributed by atoms with Crippen molar-refractivity contribution in [3.63, 3.8) is 0 Å². The molecule has 0 spiro atoms. The third kappa shape index (κ3) is 8.31. The minimum Gasteiger partial charge on any atom is -0.486 e. The Kier molecular flexibility index (Phi) is 9.46. The molecule has 1 aliphatic heterocycles. The number of fused-ring (bicyclic) bond motifs is 1. The second-order valence-corrected chi connectivity index (χ2v) is 6.48. The standard InChI is InChI=1S/C20H23F3N4O3.HI/c1-2-24-19(27-11-15-12-28-16-5-3-4-6-17(16)30-15)26-10-14-7-8-25-18(9-14)29-13-20(21,22)23;/h3-9,15H,2,10-13H2,1H3,(H2,24,26,27);1H. The summed E-state index contributed by atoms with van der Waals surface area (Å²) in [5, 5.41) is 6.31. The fraction of sp³-hybridized carbons (Fsp3) is 0.400. The number of rotatable bonds is 7. The van der Waals surface area contributed by atoms with Crippen molar-refractivity contribution in [2.45, 2.75) is 25.7 Å². The molecular weight excluding hydrogens is 528 g/mol. The Bertz CT molecular complexity index is 868. The summed E-state index contributed by atoms with van der Waals surface area (Å²) in [4.78, 5) is 8.24. The van der Waals surface area contributed by atoms with Crippen LogP contribution in [0.15, 0.2) is 47.6 Å². The largest absolute Gasteiger partial charge is 0.486 e. The van der Waals surface area contributed by atoms with Crippen LogP contribution in [-0.2, 0) is 6.54 Å². The molecule has 0 fully saturated rings. The van der Waals surface area contributed by atoms with E-state index in [1.807, 2.05) is 31.2 Å². The van der Waals surface area contributed by atoms with Gasteiger partial charge in [-0.2, -0.15) is 13.2 Å². The molecule has 11 heteroatoms. The van der Waals surface area contributed by atoms with Crippen LogP contribution in [0.25, 0.3) is 0 Å². The Morgan fingerprint density at radius 1 is 1.23 bits per heavy atom. The van der Waals surface area contributed by atoms with Crippen molar-refractivity contribution in [1.29, 1.82) is 0 Å². The average molecular weight is 552 g/mol. The molecule has 1 aromatic heterocycles. The van der Waals surface area contributed by atoms with Crippen LogP contribution in [0, 0.1) is 0 Å². The predicted molar refractivity (Wildman–Crippen MR) is 120 cm³/mol. The molecule has 0 saturated heterocycles. The second-order valence-electron chi connectivity index (χ2n) is 6.48. The molecular formula is C20H24F3IN4O3. The molecule has 2 aromatic rings. The van der Waals surface area contributed by atoms with Crippen LogP contribution >= 0.6 is 24.0 Å². The van der Waals surface area contributed by atoms with Gasteiger partial charge in [-0.1, -0.05) is 12.1 Å². The van der Waals surface area contributed by atoms with E-state index in [1.165, 1.54) is 12.3 Å². The van der Waals surface area contributed by atoms with Gasteiger partial charge in [0.05, 0.1) is 13.1 Å². The molecule has 7 nitrogen and oxygen atoms in total. The molecule has 0 saturated carbocycles. The summed E-state index contributed by atoms with van der Waals surface area (Å²) in [6.07, 6.45) is -3.21. The van der Waals surface area contributed by atoms with E-state index in [9.17, 15) is 13.2 Å². The number of hydrogen-bond donors (Lipinski definition) is 2. The number of benzene rings is 1. The van der Waals surface area contributed by atoms with Gasteiger partial charge in [0.2, 0.25) is 5.88 Å². The van der Waals surface area contributed by atoms with Crippen LogP contribution in [0.1, 0.15) is 12.5 Å². The van der Waals surface area contributed by atoms with Crippen molar-refractivity contribution in [2.75, 3.05) is 26.3 Å². The average Bonchev–Trinajstić information content (AvgIpc) is 2.74. The molecule has 2 heterocycles. The predicted octanol–water partition coefficient (Wildman–Crippen LogP) is 3.54. The van der Waals surface area contributed by atoms with Crippen molar-refractivity contribution < 1.29 is 27.4 Å². The number of hydrogen-bond acceptors (Lipinski definition) is 5. The highest BCUT2D eigenvalue weighted by Gasteiger charge is 2.28. The molecule has 1 atom stereocenters. The van der Waals surface area contributed by atoms with Crippen molar-refractivity contribution >= 4 is 29.9 Å². The fourth-order valence-electron chi connectivity index (χ4n) is 2.67. The minimum atomic E-state index is -4.41. The lowest BCUT2D eigenvalue weighted by Crippen LogP contribution is -2.45.